The van der Waals surface area contributed by atoms with Crippen LogP contribution in [-0.2, 0) is 0 Å². The van der Waals surface area contributed by atoms with Crippen LogP contribution < -0.4 is 9.47 Å². The average molecular weight is 547 g/mol. The lowest BCUT2D eigenvalue weighted by molar-refractivity contribution is -0.138. The highest BCUT2D eigenvalue weighted by Crippen LogP contribution is 2.41. The fourth-order valence-electron chi connectivity index (χ4n) is 5.13. The Bertz CT molecular complexity index is 1060. The van der Waals surface area contributed by atoms with Crippen molar-refractivity contribution >= 4 is 0 Å². The van der Waals surface area contributed by atoms with Gasteiger partial charge in [0.25, 0.3) is 0 Å². The van der Waals surface area contributed by atoms with E-state index >= 15 is 0 Å². The van der Waals surface area contributed by atoms with Crippen LogP contribution in [-0.4, -0.2) is 42.8 Å². The molecule has 0 saturated heterocycles. The van der Waals surface area contributed by atoms with E-state index < -0.39 is 12.6 Å². The van der Waals surface area contributed by atoms with E-state index in [2.05, 4.69) is 38.3 Å². The van der Waals surface area contributed by atoms with Crippen LogP contribution in [0.2, 0.25) is 0 Å². The molecule has 0 bridgehead atoms. The molecular weight excluding hydrogens is 505 g/mol. The summed E-state index contributed by atoms with van der Waals surface area (Å²) in [5.41, 5.74) is 5.79. The highest BCUT2D eigenvalue weighted by molar-refractivity contribution is 5.68. The van der Waals surface area contributed by atoms with Gasteiger partial charge in [0.1, 0.15) is 11.5 Å². The van der Waals surface area contributed by atoms with Gasteiger partial charge in [0.05, 0.1) is 26.4 Å². The van der Waals surface area contributed by atoms with Crippen molar-refractivity contribution in [2.75, 3.05) is 26.4 Å². The van der Waals surface area contributed by atoms with Gasteiger partial charge in [-0.1, -0.05) is 31.4 Å². The number of aliphatic hydroxyl groups is 2. The highest BCUT2D eigenvalue weighted by atomic mass is 19.4. The van der Waals surface area contributed by atoms with E-state index in [0.717, 1.165) is 36.8 Å². The van der Waals surface area contributed by atoms with Gasteiger partial charge in [-0.2, -0.15) is 13.2 Å². The summed E-state index contributed by atoms with van der Waals surface area (Å²) in [5, 5.41) is 18.4. The van der Waals surface area contributed by atoms with Gasteiger partial charge >= 0.3 is 6.18 Å². The minimum absolute atomic E-state index is 0.0761. The van der Waals surface area contributed by atoms with Gasteiger partial charge in [-0.3, -0.25) is 0 Å². The average Bonchev–Trinajstić information content (AvgIpc) is 2.91. The van der Waals surface area contributed by atoms with Crippen LogP contribution in [0.25, 0.3) is 11.1 Å². The van der Waals surface area contributed by atoms with Crippen LogP contribution in [0, 0.1) is 12.8 Å². The van der Waals surface area contributed by atoms with Crippen molar-refractivity contribution < 1.29 is 32.9 Å². The molecule has 7 heteroatoms. The van der Waals surface area contributed by atoms with Gasteiger partial charge in [0.15, 0.2) is 0 Å². The zero-order valence-corrected chi connectivity index (χ0v) is 22.9. The number of alkyl halides is 3. The zero-order valence-electron chi connectivity index (χ0n) is 22.9. The number of hydrogen-bond donors (Lipinski definition) is 2. The number of ether oxygens (including phenoxy) is 2. The Labute approximate surface area is 230 Å². The number of halogens is 3. The number of aliphatic hydroxyl groups excluding tert-OH is 2. The maximum absolute atomic E-state index is 12.6. The van der Waals surface area contributed by atoms with E-state index in [1.54, 1.807) is 0 Å². The molecule has 1 aliphatic rings. The molecule has 3 rings (SSSR count). The Balaban J connectivity index is 1.72. The normalized spacial score (nSPS) is 17.6. The lowest BCUT2D eigenvalue weighted by atomic mass is 9.76. The number of rotatable bonds is 14. The van der Waals surface area contributed by atoms with Crippen molar-refractivity contribution in [2.45, 2.75) is 70.4 Å². The van der Waals surface area contributed by atoms with Gasteiger partial charge in [0, 0.05) is 25.3 Å². The molecule has 2 aromatic rings. The summed E-state index contributed by atoms with van der Waals surface area (Å²) in [7, 11) is 0. The minimum Gasteiger partial charge on any atom is -0.493 e. The topological polar surface area (TPSA) is 58.9 Å². The number of hydrogen-bond acceptors (Lipinski definition) is 4. The monoisotopic (exact) mass is 546 g/mol. The zero-order chi connectivity index (χ0) is 28.4. The Hall–Kier alpha value is -2.77. The van der Waals surface area contributed by atoms with Crippen LogP contribution in [0.5, 0.6) is 11.5 Å². The molecule has 0 atom stereocenters. The largest absolute Gasteiger partial charge is 0.493 e. The lowest BCUT2D eigenvalue weighted by Crippen LogP contribution is -2.17. The Morgan fingerprint density at radius 1 is 0.846 bits per heavy atom. The molecule has 0 aliphatic heterocycles. The summed E-state index contributed by atoms with van der Waals surface area (Å²) in [6.07, 6.45) is 0.0824. The van der Waals surface area contributed by atoms with E-state index in [0.29, 0.717) is 54.6 Å². The van der Waals surface area contributed by atoms with Crippen molar-refractivity contribution in [3.8, 4) is 22.6 Å². The molecule has 0 amide bonds. The smallest absolute Gasteiger partial charge is 0.389 e. The van der Waals surface area contributed by atoms with Crippen LogP contribution >= 0.6 is 0 Å². The molecule has 0 radical (unpaired) electrons. The molecule has 0 aromatic heterocycles. The molecule has 1 fully saturated rings. The van der Waals surface area contributed by atoms with Crippen molar-refractivity contribution in [1.82, 2.24) is 0 Å². The maximum Gasteiger partial charge on any atom is 0.389 e. The van der Waals surface area contributed by atoms with Crippen molar-refractivity contribution in [1.29, 1.82) is 0 Å². The van der Waals surface area contributed by atoms with Crippen molar-refractivity contribution in [3.05, 3.63) is 71.8 Å². The maximum atomic E-state index is 12.6. The first kappa shape index (κ1) is 30.8. The third-order valence-electron chi connectivity index (χ3n) is 7.50. The second-order valence-corrected chi connectivity index (χ2v) is 10.6. The lowest BCUT2D eigenvalue weighted by Gasteiger charge is -2.30. The quantitative estimate of drug-likeness (QED) is 0.236. The predicted octanol–water partition coefficient (Wildman–Crippen LogP) is 7.91. The third kappa shape index (κ3) is 10.0. The van der Waals surface area contributed by atoms with E-state index in [1.807, 2.05) is 18.2 Å². The van der Waals surface area contributed by atoms with E-state index in [-0.39, 0.29) is 25.6 Å². The molecule has 2 aromatic carbocycles. The fourth-order valence-corrected chi connectivity index (χ4v) is 5.13. The van der Waals surface area contributed by atoms with Crippen LogP contribution in [0.15, 0.2) is 60.7 Å². The van der Waals surface area contributed by atoms with Gasteiger partial charge in [-0.15, -0.1) is 0 Å². The van der Waals surface area contributed by atoms with Gasteiger partial charge in [-0.05, 0) is 96.4 Å². The van der Waals surface area contributed by atoms with Crippen LogP contribution in [0.1, 0.15) is 68.4 Å². The molecule has 214 valence electrons. The van der Waals surface area contributed by atoms with E-state index in [9.17, 15) is 23.4 Å². The second kappa shape index (κ2) is 14.6. The first-order chi connectivity index (χ1) is 18.6. The molecule has 1 aliphatic carbocycles. The Kier molecular flexibility index (Phi) is 11.5. The molecule has 2 N–H and O–H groups in total. The number of aryl methyl sites for hydroxylation is 1. The van der Waals surface area contributed by atoms with E-state index in [4.69, 9.17) is 9.47 Å². The first-order valence-corrected chi connectivity index (χ1v) is 13.7. The standard InChI is InChI=1S/C32H41F3O4/c1-22(20-36)11-14-38-29-17-28(18-30(19-29)39-15-12-23(2)21-37)27-8-9-31(24(3)16-27)26-6-4-25(5-7-26)10-13-32(33,34)35/h8-9,16-19,25-26,36-37H,1-2,4-7,10-15,20-21H2,3H3. The molecule has 39 heavy (non-hydrogen) atoms. The SMILES string of the molecule is C=C(CO)CCOc1cc(OCCC(=C)CO)cc(-c2ccc(C3CCC(CCC(F)(F)F)CC3)c(C)c2)c1. The van der Waals surface area contributed by atoms with E-state index in [1.165, 1.54) is 11.1 Å². The molecule has 0 unspecified atom stereocenters. The van der Waals surface area contributed by atoms with Crippen molar-refractivity contribution in [2.24, 2.45) is 5.92 Å². The minimum atomic E-state index is -4.07. The Morgan fingerprint density at radius 3 is 1.90 bits per heavy atom. The summed E-state index contributed by atoms with van der Waals surface area (Å²) in [6, 6.07) is 12.1. The van der Waals surface area contributed by atoms with Crippen molar-refractivity contribution in [3.63, 3.8) is 0 Å². The number of benzene rings is 2. The molecule has 0 heterocycles. The summed E-state index contributed by atoms with van der Waals surface area (Å²) >= 11 is 0. The Morgan fingerprint density at radius 2 is 1.41 bits per heavy atom. The molecule has 0 spiro atoms. The first-order valence-electron chi connectivity index (χ1n) is 13.7. The summed E-state index contributed by atoms with van der Waals surface area (Å²) < 4.78 is 49.7. The summed E-state index contributed by atoms with van der Waals surface area (Å²) in [6.45, 7) is 10.3. The molecular formula is C32H41F3O4. The van der Waals surface area contributed by atoms with Crippen LogP contribution in [0.3, 0.4) is 0 Å². The van der Waals surface area contributed by atoms with Crippen LogP contribution in [0.4, 0.5) is 13.2 Å². The fraction of sp³-hybridized carbons (Fsp3) is 0.500. The third-order valence-corrected chi connectivity index (χ3v) is 7.50. The summed E-state index contributed by atoms with van der Waals surface area (Å²) in [5.74, 6) is 1.82. The van der Waals surface area contributed by atoms with Gasteiger partial charge in [0.2, 0.25) is 0 Å². The highest BCUT2D eigenvalue weighted by Gasteiger charge is 2.30. The van der Waals surface area contributed by atoms with Gasteiger partial charge < -0.3 is 19.7 Å². The van der Waals surface area contributed by atoms with Gasteiger partial charge in [-0.25, -0.2) is 0 Å². The summed E-state index contributed by atoms with van der Waals surface area (Å²) in [4.78, 5) is 0. The molecule has 4 nitrogen and oxygen atoms in total. The predicted molar refractivity (Wildman–Crippen MR) is 149 cm³/mol. The molecule has 1 saturated carbocycles. The second-order valence-electron chi connectivity index (χ2n) is 10.6.